The molecule has 1 amide bonds. The Morgan fingerprint density at radius 2 is 1.41 bits per heavy atom. The van der Waals surface area contributed by atoms with Gasteiger partial charge in [0.2, 0.25) is 5.82 Å². The predicted molar refractivity (Wildman–Crippen MR) is 66.9 cm³/mol. The van der Waals surface area contributed by atoms with E-state index in [-0.39, 0.29) is 11.3 Å². The monoisotopic (exact) mass is 319 g/mol. The van der Waals surface area contributed by atoms with Crippen molar-refractivity contribution in [2.24, 2.45) is 7.05 Å². The third-order valence-corrected chi connectivity index (χ3v) is 3.18. The topological polar surface area (TPSA) is 46.9 Å². The Kier molecular flexibility index (Phi) is 3.90. The molecule has 0 aliphatic rings. The first-order valence-corrected chi connectivity index (χ1v) is 5.99. The van der Waals surface area contributed by atoms with Crippen molar-refractivity contribution >= 4 is 11.6 Å². The predicted octanol–water partition coefficient (Wildman–Crippen LogP) is 2.98. The fraction of sp³-hybridized carbons (Fsp3) is 0.231. The zero-order chi connectivity index (χ0) is 16.8. The standard InChI is InChI=1S/C13H10F5N3O/c1-4-6(5(2)21(3)20-4)13(22)19-12-10(17)8(15)7(14)9(16)11(12)18/h1-3H3,(H,19,22). The summed E-state index contributed by atoms with van der Waals surface area (Å²) in [7, 11) is 1.54. The van der Waals surface area contributed by atoms with Crippen LogP contribution in [0.2, 0.25) is 0 Å². The maximum absolute atomic E-state index is 13.5. The average Bonchev–Trinajstić information content (AvgIpc) is 2.72. The van der Waals surface area contributed by atoms with E-state index >= 15 is 0 Å². The van der Waals surface area contributed by atoms with E-state index in [1.54, 1.807) is 5.32 Å². The molecular formula is C13H10F5N3O. The van der Waals surface area contributed by atoms with Crippen LogP contribution in [0.1, 0.15) is 21.7 Å². The largest absolute Gasteiger partial charge is 0.317 e. The summed E-state index contributed by atoms with van der Waals surface area (Å²) in [6.45, 7) is 2.99. The van der Waals surface area contributed by atoms with Gasteiger partial charge in [0, 0.05) is 12.7 Å². The molecule has 1 N–H and O–H groups in total. The lowest BCUT2D eigenvalue weighted by molar-refractivity contribution is 0.102. The molecule has 0 fully saturated rings. The number of carbonyl (C=O) groups excluding carboxylic acids is 1. The maximum atomic E-state index is 13.5. The summed E-state index contributed by atoms with van der Waals surface area (Å²) < 4.78 is 67.5. The second-order valence-electron chi connectivity index (χ2n) is 4.57. The summed E-state index contributed by atoms with van der Waals surface area (Å²) >= 11 is 0. The Morgan fingerprint density at radius 3 is 1.82 bits per heavy atom. The molecule has 0 saturated carbocycles. The zero-order valence-corrected chi connectivity index (χ0v) is 11.7. The van der Waals surface area contributed by atoms with Crippen LogP contribution >= 0.6 is 0 Å². The molecule has 9 heteroatoms. The molecule has 2 aromatic rings. The number of nitrogens with one attached hydrogen (secondary N) is 1. The molecular weight excluding hydrogens is 309 g/mol. The summed E-state index contributed by atoms with van der Waals surface area (Å²) in [6.07, 6.45) is 0. The fourth-order valence-corrected chi connectivity index (χ4v) is 1.99. The van der Waals surface area contributed by atoms with Gasteiger partial charge in [0.25, 0.3) is 5.91 Å². The highest BCUT2D eigenvalue weighted by molar-refractivity contribution is 6.06. The average molecular weight is 319 g/mol. The fourth-order valence-electron chi connectivity index (χ4n) is 1.99. The molecule has 0 atom stereocenters. The van der Waals surface area contributed by atoms with Gasteiger partial charge in [-0.15, -0.1) is 0 Å². The minimum absolute atomic E-state index is 0.00792. The van der Waals surface area contributed by atoms with E-state index in [2.05, 4.69) is 5.10 Å². The molecule has 4 nitrogen and oxygen atoms in total. The number of benzene rings is 1. The molecule has 0 saturated heterocycles. The van der Waals surface area contributed by atoms with Gasteiger partial charge in [0.1, 0.15) is 5.69 Å². The maximum Gasteiger partial charge on any atom is 0.259 e. The lowest BCUT2D eigenvalue weighted by atomic mass is 10.1. The molecule has 1 aromatic heterocycles. The number of anilines is 1. The lowest BCUT2D eigenvalue weighted by Gasteiger charge is -2.10. The van der Waals surface area contributed by atoms with E-state index in [0.717, 1.165) is 0 Å². The van der Waals surface area contributed by atoms with Gasteiger partial charge in [-0.1, -0.05) is 0 Å². The minimum atomic E-state index is -2.29. The Balaban J connectivity index is 2.50. The van der Waals surface area contributed by atoms with Gasteiger partial charge >= 0.3 is 0 Å². The first-order valence-electron chi connectivity index (χ1n) is 5.99. The summed E-state index contributed by atoms with van der Waals surface area (Å²) in [5, 5.41) is 5.64. The Bertz CT molecular complexity index is 756. The smallest absolute Gasteiger partial charge is 0.259 e. The van der Waals surface area contributed by atoms with Gasteiger partial charge in [-0.25, -0.2) is 22.0 Å². The normalized spacial score (nSPS) is 10.9. The Labute approximate surface area is 121 Å². The van der Waals surface area contributed by atoms with E-state index in [1.165, 1.54) is 25.6 Å². The number of hydrogen-bond donors (Lipinski definition) is 1. The van der Waals surface area contributed by atoms with Gasteiger partial charge < -0.3 is 5.32 Å². The van der Waals surface area contributed by atoms with Gasteiger partial charge in [-0.3, -0.25) is 9.48 Å². The number of aryl methyl sites for hydroxylation is 2. The van der Waals surface area contributed by atoms with Crippen LogP contribution in [-0.2, 0) is 7.05 Å². The van der Waals surface area contributed by atoms with E-state index in [0.29, 0.717) is 5.69 Å². The van der Waals surface area contributed by atoms with Crippen LogP contribution in [0.15, 0.2) is 0 Å². The van der Waals surface area contributed by atoms with Crippen LogP contribution in [-0.4, -0.2) is 15.7 Å². The summed E-state index contributed by atoms with van der Waals surface area (Å²) in [4.78, 5) is 12.0. The zero-order valence-electron chi connectivity index (χ0n) is 11.7. The minimum Gasteiger partial charge on any atom is -0.317 e. The number of nitrogens with zero attached hydrogens (tertiary/aromatic N) is 2. The van der Waals surface area contributed by atoms with E-state index < -0.39 is 40.7 Å². The molecule has 0 bridgehead atoms. The molecule has 1 aromatic carbocycles. The van der Waals surface area contributed by atoms with Crippen molar-refractivity contribution in [2.75, 3.05) is 5.32 Å². The quantitative estimate of drug-likeness (QED) is 0.525. The van der Waals surface area contributed by atoms with Crippen LogP contribution < -0.4 is 5.32 Å². The third-order valence-electron chi connectivity index (χ3n) is 3.18. The lowest BCUT2D eigenvalue weighted by Crippen LogP contribution is -2.18. The summed E-state index contributed by atoms with van der Waals surface area (Å²) in [6, 6.07) is 0. The molecule has 0 spiro atoms. The first-order chi connectivity index (χ1) is 10.2. The number of aromatic nitrogens is 2. The van der Waals surface area contributed by atoms with Crippen molar-refractivity contribution < 1.29 is 26.7 Å². The highest BCUT2D eigenvalue weighted by Gasteiger charge is 2.28. The van der Waals surface area contributed by atoms with Gasteiger partial charge in [-0.2, -0.15) is 5.10 Å². The van der Waals surface area contributed by atoms with Crippen LogP contribution in [0, 0.1) is 42.9 Å². The molecule has 0 radical (unpaired) electrons. The van der Waals surface area contributed by atoms with Crippen LogP contribution in [0.25, 0.3) is 0 Å². The summed E-state index contributed by atoms with van der Waals surface area (Å²) in [5.74, 6) is -11.8. The Hall–Kier alpha value is -2.45. The number of rotatable bonds is 2. The highest BCUT2D eigenvalue weighted by Crippen LogP contribution is 2.28. The molecule has 22 heavy (non-hydrogen) atoms. The van der Waals surface area contributed by atoms with E-state index in [1.807, 2.05) is 0 Å². The van der Waals surface area contributed by atoms with Crippen molar-refractivity contribution in [1.29, 1.82) is 0 Å². The first kappa shape index (κ1) is 15.9. The SMILES string of the molecule is Cc1nn(C)c(C)c1C(=O)Nc1c(F)c(F)c(F)c(F)c1F. The van der Waals surface area contributed by atoms with E-state index in [9.17, 15) is 26.7 Å². The van der Waals surface area contributed by atoms with E-state index in [4.69, 9.17) is 0 Å². The van der Waals surface area contributed by atoms with Crippen molar-refractivity contribution in [3.8, 4) is 0 Å². The Morgan fingerprint density at radius 1 is 0.955 bits per heavy atom. The second kappa shape index (κ2) is 5.39. The number of carbonyl (C=O) groups is 1. The number of hydrogen-bond acceptors (Lipinski definition) is 2. The number of amides is 1. The molecule has 0 aliphatic heterocycles. The van der Waals surface area contributed by atoms with Gasteiger partial charge in [0.05, 0.1) is 11.3 Å². The molecule has 2 rings (SSSR count). The highest BCUT2D eigenvalue weighted by atomic mass is 19.2. The van der Waals surface area contributed by atoms with Gasteiger partial charge in [-0.05, 0) is 13.8 Å². The third kappa shape index (κ3) is 2.32. The van der Waals surface area contributed by atoms with Crippen LogP contribution in [0.3, 0.4) is 0 Å². The van der Waals surface area contributed by atoms with Crippen LogP contribution in [0.4, 0.5) is 27.6 Å². The van der Waals surface area contributed by atoms with Crippen molar-refractivity contribution in [3.63, 3.8) is 0 Å². The summed E-state index contributed by atoms with van der Waals surface area (Å²) in [5.41, 5.74) is -0.782. The molecule has 1 heterocycles. The molecule has 0 unspecified atom stereocenters. The molecule has 118 valence electrons. The van der Waals surface area contributed by atoms with Crippen molar-refractivity contribution in [3.05, 3.63) is 46.0 Å². The van der Waals surface area contributed by atoms with Crippen molar-refractivity contribution in [1.82, 2.24) is 9.78 Å². The van der Waals surface area contributed by atoms with Gasteiger partial charge in [0.15, 0.2) is 23.3 Å². The van der Waals surface area contributed by atoms with Crippen molar-refractivity contribution in [2.45, 2.75) is 13.8 Å². The number of halogens is 5. The van der Waals surface area contributed by atoms with Crippen LogP contribution in [0.5, 0.6) is 0 Å². The second-order valence-corrected chi connectivity index (χ2v) is 4.57. The molecule has 0 aliphatic carbocycles.